The van der Waals surface area contributed by atoms with Gasteiger partial charge in [-0.15, -0.1) is 0 Å². The summed E-state index contributed by atoms with van der Waals surface area (Å²) < 4.78 is 35.9. The second kappa shape index (κ2) is 15.0. The van der Waals surface area contributed by atoms with Gasteiger partial charge >= 0.3 is 0 Å². The highest BCUT2D eigenvalue weighted by Crippen LogP contribution is 2.70. The van der Waals surface area contributed by atoms with Crippen molar-refractivity contribution in [1.29, 1.82) is 0 Å². The molecule has 4 rings (SSSR count). The smallest absolute Gasteiger partial charge is 0.184 e. The third kappa shape index (κ3) is 10.8. The zero-order chi connectivity index (χ0) is 39.0. The van der Waals surface area contributed by atoms with Crippen LogP contribution in [-0.4, -0.2) is 71.6 Å². The Hall–Kier alpha value is 0.884. The lowest BCUT2D eigenvalue weighted by molar-refractivity contribution is -0.200. The molecule has 0 bridgehead atoms. The monoisotopic (exact) mass is 799 g/mol. The first-order valence-corrected chi connectivity index (χ1v) is 38.2. The standard InChI is InChI=1S/C41H86O5Si5/c1-29(25-36(44-49(12,13)14)39(2,3)46-51(18,19)20)32-21-22-33-38-34(28-37(41(32,33)5)45-50(15,16)17)40(4)24-23-31(42-47(6,7)8)26-30(40)27-35(38)43-48(9,10)11/h29-38H,21-28H2,1-20H3/t29?,30-,31+,32?,33?,34?,35+,36+,37-,38?,40?,41?/m0/s1. The summed E-state index contributed by atoms with van der Waals surface area (Å²) in [6.45, 7) is 48.3. The van der Waals surface area contributed by atoms with Crippen molar-refractivity contribution in [2.45, 2.75) is 214 Å². The van der Waals surface area contributed by atoms with Crippen molar-refractivity contribution in [3.05, 3.63) is 0 Å². The van der Waals surface area contributed by atoms with Gasteiger partial charge in [-0.2, -0.15) is 0 Å². The quantitative estimate of drug-likeness (QED) is 0.164. The molecule has 0 aromatic heterocycles. The molecule has 4 aliphatic rings. The van der Waals surface area contributed by atoms with E-state index in [4.69, 9.17) is 22.1 Å². The van der Waals surface area contributed by atoms with E-state index in [2.05, 4.69) is 133 Å². The van der Waals surface area contributed by atoms with Gasteiger partial charge in [-0.25, -0.2) is 0 Å². The molecule has 0 amide bonds. The van der Waals surface area contributed by atoms with E-state index < -0.39 is 41.6 Å². The Morgan fingerprint density at radius 1 is 0.647 bits per heavy atom. The lowest BCUT2D eigenvalue weighted by atomic mass is 9.43. The van der Waals surface area contributed by atoms with Gasteiger partial charge in [0.25, 0.3) is 0 Å². The molecule has 4 saturated carbocycles. The first kappa shape index (κ1) is 44.6. The zero-order valence-corrected chi connectivity index (χ0v) is 42.5. The Balaban J connectivity index is 1.75. The molecule has 0 aromatic rings. The van der Waals surface area contributed by atoms with Gasteiger partial charge in [0, 0.05) is 12.2 Å². The highest BCUT2D eigenvalue weighted by atomic mass is 28.4. The maximum absolute atomic E-state index is 7.54. The second-order valence-corrected chi connectivity index (χ2v) is 46.1. The molecule has 300 valence electrons. The minimum atomic E-state index is -1.83. The van der Waals surface area contributed by atoms with E-state index in [1.165, 1.54) is 44.9 Å². The second-order valence-electron chi connectivity index (χ2n) is 23.9. The summed E-state index contributed by atoms with van der Waals surface area (Å²) in [5.41, 5.74) is 0.131. The summed E-state index contributed by atoms with van der Waals surface area (Å²) in [7, 11) is -8.79. The molecule has 0 heterocycles. The molecule has 0 radical (unpaired) electrons. The predicted octanol–water partition coefficient (Wildman–Crippen LogP) is 12.4. The third-order valence-corrected chi connectivity index (χ3v) is 18.6. The van der Waals surface area contributed by atoms with Crippen molar-refractivity contribution < 1.29 is 22.1 Å². The zero-order valence-electron chi connectivity index (χ0n) is 37.5. The molecule has 0 spiro atoms. The Morgan fingerprint density at radius 3 is 1.73 bits per heavy atom. The first-order chi connectivity index (χ1) is 22.7. The average molecular weight is 800 g/mol. The van der Waals surface area contributed by atoms with Gasteiger partial charge in [-0.05, 0) is 210 Å². The lowest BCUT2D eigenvalue weighted by Gasteiger charge is -2.66. The molecule has 5 nitrogen and oxygen atoms in total. The van der Waals surface area contributed by atoms with Gasteiger partial charge in [0.05, 0.1) is 17.8 Å². The molecule has 0 aromatic carbocycles. The summed E-state index contributed by atoms with van der Waals surface area (Å²) >= 11 is 0. The maximum Gasteiger partial charge on any atom is 0.184 e. The summed E-state index contributed by atoms with van der Waals surface area (Å²) in [4.78, 5) is 0. The maximum atomic E-state index is 7.54. The number of hydrogen-bond donors (Lipinski definition) is 0. The van der Waals surface area contributed by atoms with Crippen LogP contribution in [0.15, 0.2) is 0 Å². The lowest BCUT2D eigenvalue weighted by Crippen LogP contribution is -2.65. The molecule has 7 unspecified atom stereocenters. The van der Waals surface area contributed by atoms with Gasteiger partial charge in [-0.1, -0.05) is 20.8 Å². The van der Waals surface area contributed by atoms with Crippen LogP contribution in [0.25, 0.3) is 0 Å². The van der Waals surface area contributed by atoms with Crippen molar-refractivity contribution in [3.8, 4) is 0 Å². The van der Waals surface area contributed by atoms with E-state index in [0.29, 0.717) is 59.2 Å². The van der Waals surface area contributed by atoms with Crippen LogP contribution in [0.1, 0.15) is 86.0 Å². The van der Waals surface area contributed by atoms with E-state index in [0.717, 1.165) is 6.42 Å². The fraction of sp³-hybridized carbons (Fsp3) is 1.00. The Labute approximate surface area is 322 Å². The van der Waals surface area contributed by atoms with Gasteiger partial charge in [0.15, 0.2) is 41.6 Å². The fourth-order valence-corrected chi connectivity index (χ4v) is 18.6. The molecule has 0 saturated heterocycles. The predicted molar refractivity (Wildman–Crippen MR) is 231 cm³/mol. The van der Waals surface area contributed by atoms with Gasteiger partial charge in [0.1, 0.15) is 0 Å². The average Bonchev–Trinajstić information content (AvgIpc) is 3.23. The minimum Gasteiger partial charge on any atom is -0.415 e. The van der Waals surface area contributed by atoms with E-state index in [-0.39, 0.29) is 17.1 Å². The highest BCUT2D eigenvalue weighted by molar-refractivity contribution is 6.71. The van der Waals surface area contributed by atoms with Gasteiger partial charge in [0.2, 0.25) is 0 Å². The van der Waals surface area contributed by atoms with Crippen LogP contribution in [0.3, 0.4) is 0 Å². The van der Waals surface area contributed by atoms with Gasteiger partial charge < -0.3 is 22.1 Å². The largest absolute Gasteiger partial charge is 0.415 e. The molecule has 51 heavy (non-hydrogen) atoms. The molecular formula is C41H86O5Si5. The summed E-state index contributed by atoms with van der Waals surface area (Å²) in [5.74, 6) is 3.66. The number of rotatable bonds is 14. The van der Waals surface area contributed by atoms with E-state index in [9.17, 15) is 0 Å². The Bertz CT molecular complexity index is 1180. The summed E-state index contributed by atoms with van der Waals surface area (Å²) in [6.07, 6.45) is 10.9. The van der Waals surface area contributed by atoms with Crippen LogP contribution in [0, 0.1) is 46.3 Å². The number of fused-ring (bicyclic) bond motifs is 5. The number of hydrogen-bond acceptors (Lipinski definition) is 5. The minimum absolute atomic E-state index is 0.0899. The van der Waals surface area contributed by atoms with E-state index in [1.54, 1.807) is 0 Å². The normalized spacial score (nSPS) is 38.1. The van der Waals surface area contributed by atoms with Crippen LogP contribution in [-0.2, 0) is 22.1 Å². The SMILES string of the molecule is CC(C[C@@H](O[Si](C)(C)C)C(C)(C)O[Si](C)(C)C)C1CCC2C3C(C[C@H](O[Si](C)(C)C)C12C)C1(C)CC[C@@H](O[Si](C)(C)C)C[C@H]1C[C@H]3O[Si](C)(C)C. The van der Waals surface area contributed by atoms with Gasteiger partial charge in [-0.3, -0.25) is 0 Å². The molecule has 4 aliphatic carbocycles. The van der Waals surface area contributed by atoms with Crippen molar-refractivity contribution in [2.24, 2.45) is 46.3 Å². The summed E-state index contributed by atoms with van der Waals surface area (Å²) in [6, 6.07) is 0. The molecule has 0 aliphatic heterocycles. The van der Waals surface area contributed by atoms with Crippen LogP contribution >= 0.6 is 0 Å². The Morgan fingerprint density at radius 2 is 1.22 bits per heavy atom. The topological polar surface area (TPSA) is 46.2 Å². The first-order valence-electron chi connectivity index (χ1n) is 21.2. The molecule has 12 atom stereocenters. The molecule has 4 fully saturated rings. The fourth-order valence-electron chi connectivity index (χ4n) is 12.1. The van der Waals surface area contributed by atoms with Crippen molar-refractivity contribution in [2.75, 3.05) is 0 Å². The van der Waals surface area contributed by atoms with Crippen molar-refractivity contribution in [1.82, 2.24) is 0 Å². The van der Waals surface area contributed by atoms with E-state index in [1.807, 2.05) is 0 Å². The Kier molecular flexibility index (Phi) is 13.1. The van der Waals surface area contributed by atoms with Crippen LogP contribution in [0.5, 0.6) is 0 Å². The highest BCUT2D eigenvalue weighted by Gasteiger charge is 2.67. The summed E-state index contributed by atoms with van der Waals surface area (Å²) in [5, 5.41) is 0. The van der Waals surface area contributed by atoms with Crippen LogP contribution in [0.2, 0.25) is 98.2 Å². The van der Waals surface area contributed by atoms with E-state index >= 15 is 0 Å². The third-order valence-electron chi connectivity index (χ3n) is 13.4. The molecule has 0 N–H and O–H groups in total. The van der Waals surface area contributed by atoms with Crippen LogP contribution in [0.4, 0.5) is 0 Å². The molecular weight excluding hydrogens is 713 g/mol. The van der Waals surface area contributed by atoms with Crippen molar-refractivity contribution in [3.63, 3.8) is 0 Å². The van der Waals surface area contributed by atoms with Crippen LogP contribution < -0.4 is 0 Å². The molecule has 10 heteroatoms. The van der Waals surface area contributed by atoms with Crippen molar-refractivity contribution >= 4 is 41.6 Å².